The highest BCUT2D eigenvalue weighted by atomic mass is 32.1. The predicted molar refractivity (Wildman–Crippen MR) is 183 cm³/mol. The van der Waals surface area contributed by atoms with Gasteiger partial charge in [0.2, 0.25) is 0 Å². The van der Waals surface area contributed by atoms with E-state index >= 15 is 0 Å². The van der Waals surface area contributed by atoms with Gasteiger partial charge in [-0.2, -0.15) is 0 Å². The second kappa shape index (κ2) is 9.97. The van der Waals surface area contributed by atoms with Crippen LogP contribution in [0.3, 0.4) is 0 Å². The maximum Gasteiger partial charge on any atom is 0.164 e. The van der Waals surface area contributed by atoms with Gasteiger partial charge in [0.1, 0.15) is 0 Å². The quantitative estimate of drug-likeness (QED) is 0.206. The highest BCUT2D eigenvalue weighted by molar-refractivity contribution is 7.25. The Hall–Kier alpha value is -5.65. The zero-order valence-corrected chi connectivity index (χ0v) is 24.0. The van der Waals surface area contributed by atoms with Crippen LogP contribution in [0.2, 0.25) is 0 Å². The number of hydrogen-bond donors (Lipinski definition) is 0. The van der Waals surface area contributed by atoms with Crippen molar-refractivity contribution in [2.24, 2.45) is 0 Å². The van der Waals surface area contributed by atoms with Gasteiger partial charge < -0.3 is 4.57 Å². The summed E-state index contributed by atoms with van der Waals surface area (Å²) < 4.78 is 46.3. The summed E-state index contributed by atoms with van der Waals surface area (Å²) in [5, 5.41) is 4.56. The molecule has 4 nitrogen and oxygen atoms in total. The molecule has 0 saturated heterocycles. The first-order valence-corrected chi connectivity index (χ1v) is 15.0. The monoisotopic (exact) mass is 585 g/mol. The highest BCUT2D eigenvalue weighted by Gasteiger charge is 2.16. The lowest BCUT2D eigenvalue weighted by atomic mass is 10.1. The molecule has 9 aromatic rings. The minimum Gasteiger partial charge on any atom is -0.309 e. The molecule has 0 aliphatic rings. The molecule has 0 unspecified atom stereocenters. The van der Waals surface area contributed by atoms with E-state index < -0.39 is 18.1 Å². The molecule has 0 radical (unpaired) electrons. The summed E-state index contributed by atoms with van der Waals surface area (Å²) in [5.74, 6) is 0.705. The smallest absolute Gasteiger partial charge is 0.164 e. The fraction of sp³-hybridized carbons (Fsp3) is 0. The summed E-state index contributed by atoms with van der Waals surface area (Å²) in [6, 6.07) is 36.9. The van der Waals surface area contributed by atoms with E-state index in [0.717, 1.165) is 48.0 Å². The molecule has 3 heterocycles. The van der Waals surface area contributed by atoms with Gasteiger partial charge in [-0.15, -0.1) is 11.3 Å². The van der Waals surface area contributed by atoms with Crippen molar-refractivity contribution in [1.29, 1.82) is 0 Å². The Bertz CT molecular complexity index is 2710. The number of hydrogen-bond acceptors (Lipinski definition) is 4. The molecular formula is C39H24N4S. The molecule has 9 rings (SSSR count). The van der Waals surface area contributed by atoms with Crippen molar-refractivity contribution in [3.05, 3.63) is 145 Å². The van der Waals surface area contributed by atoms with Crippen molar-refractivity contribution >= 4 is 53.3 Å². The van der Waals surface area contributed by atoms with Crippen molar-refractivity contribution < 1.29 is 6.85 Å². The summed E-state index contributed by atoms with van der Waals surface area (Å²) in [4.78, 5) is 14.2. The van der Waals surface area contributed by atoms with Crippen LogP contribution < -0.4 is 0 Å². The van der Waals surface area contributed by atoms with Crippen LogP contribution in [0.15, 0.2) is 145 Å². The summed E-state index contributed by atoms with van der Waals surface area (Å²) in [5.41, 5.74) is 4.72. The second-order valence-electron chi connectivity index (χ2n) is 10.5. The van der Waals surface area contributed by atoms with Gasteiger partial charge in [-0.25, -0.2) is 15.0 Å². The van der Waals surface area contributed by atoms with Crippen LogP contribution in [0.4, 0.5) is 0 Å². The topological polar surface area (TPSA) is 43.6 Å². The first kappa shape index (κ1) is 20.3. The van der Waals surface area contributed by atoms with E-state index in [0.29, 0.717) is 11.6 Å². The lowest BCUT2D eigenvalue weighted by molar-refractivity contribution is 1.07. The minimum absolute atomic E-state index is 0.0183. The third-order valence-electron chi connectivity index (χ3n) is 7.94. The molecule has 5 heteroatoms. The largest absolute Gasteiger partial charge is 0.309 e. The van der Waals surface area contributed by atoms with E-state index in [4.69, 9.17) is 16.8 Å². The van der Waals surface area contributed by atoms with E-state index in [1.165, 1.54) is 10.8 Å². The van der Waals surface area contributed by atoms with Crippen LogP contribution in [0, 0.1) is 0 Å². The third kappa shape index (κ3) is 4.02. The van der Waals surface area contributed by atoms with E-state index in [9.17, 15) is 0 Å². The number of nitrogens with zero attached hydrogens (tertiary/aromatic N) is 4. The number of aromatic nitrogens is 4. The lowest BCUT2D eigenvalue weighted by Gasteiger charge is -2.09. The average molecular weight is 586 g/mol. The molecule has 0 spiro atoms. The van der Waals surface area contributed by atoms with Crippen LogP contribution >= 0.6 is 11.3 Å². The summed E-state index contributed by atoms with van der Waals surface area (Å²) in [7, 11) is 0. The van der Waals surface area contributed by atoms with E-state index in [1.807, 2.05) is 36.4 Å². The number of para-hydroxylation sites is 2. The molecule has 0 atom stereocenters. The molecule has 0 fully saturated rings. The number of thiophene rings is 1. The lowest BCUT2D eigenvalue weighted by Crippen LogP contribution is -2.00. The van der Waals surface area contributed by atoms with Crippen molar-refractivity contribution in [3.8, 4) is 39.9 Å². The van der Waals surface area contributed by atoms with Gasteiger partial charge in [0.15, 0.2) is 17.5 Å². The average Bonchev–Trinajstić information content (AvgIpc) is 3.68. The van der Waals surface area contributed by atoms with Gasteiger partial charge in [0.25, 0.3) is 0 Å². The Labute approximate surface area is 264 Å². The maximum atomic E-state index is 8.61. The summed E-state index contributed by atoms with van der Waals surface area (Å²) in [6.45, 7) is 0. The Morgan fingerprint density at radius 3 is 1.75 bits per heavy atom. The number of fused-ring (bicyclic) bond motifs is 6. The third-order valence-corrected chi connectivity index (χ3v) is 9.09. The summed E-state index contributed by atoms with van der Waals surface area (Å²) >= 11 is 1.72. The molecule has 0 saturated carbocycles. The van der Waals surface area contributed by atoms with Crippen LogP contribution in [-0.2, 0) is 0 Å². The van der Waals surface area contributed by atoms with Crippen molar-refractivity contribution in [3.63, 3.8) is 0 Å². The number of benzene rings is 6. The van der Waals surface area contributed by atoms with Crippen LogP contribution in [0.5, 0.6) is 0 Å². The molecule has 3 aromatic heterocycles. The molecule has 0 aliphatic heterocycles. The van der Waals surface area contributed by atoms with Gasteiger partial charge in [0.05, 0.1) is 17.9 Å². The number of rotatable bonds is 4. The van der Waals surface area contributed by atoms with Crippen LogP contribution in [-0.4, -0.2) is 19.5 Å². The normalized spacial score (nSPS) is 13.2. The zero-order valence-electron chi connectivity index (χ0n) is 28.2. The first-order valence-electron chi connectivity index (χ1n) is 16.7. The van der Waals surface area contributed by atoms with Crippen molar-refractivity contribution in [2.45, 2.75) is 0 Å². The van der Waals surface area contributed by atoms with Gasteiger partial charge in [-0.05, 0) is 48.5 Å². The SMILES string of the molecule is [2H]c1c([2H])c([2H])c(-c2nc(-c3ccccc3)nc(-c3ccc4sc5ccc(-n6c7ccccc7c7ccccc76)cc5c4c3)n2)c([2H])c1[2H]. The minimum atomic E-state index is -0.466. The van der Waals surface area contributed by atoms with E-state index in [1.54, 1.807) is 11.3 Å². The fourth-order valence-corrected chi connectivity index (χ4v) is 7.01. The summed E-state index contributed by atoms with van der Waals surface area (Å²) in [6.07, 6.45) is 0. The second-order valence-corrected chi connectivity index (χ2v) is 11.6. The Kier molecular flexibility index (Phi) is 4.60. The zero-order chi connectivity index (χ0) is 33.4. The predicted octanol–water partition coefficient (Wildman–Crippen LogP) is 10.3. The fourth-order valence-electron chi connectivity index (χ4n) is 5.94. The first-order chi connectivity index (χ1) is 23.9. The molecule has 6 aromatic carbocycles. The maximum absolute atomic E-state index is 8.61. The highest BCUT2D eigenvalue weighted by Crippen LogP contribution is 2.39. The van der Waals surface area contributed by atoms with Crippen molar-refractivity contribution in [1.82, 2.24) is 19.5 Å². The molecule has 0 bridgehead atoms. The van der Waals surface area contributed by atoms with Crippen molar-refractivity contribution in [2.75, 3.05) is 0 Å². The molecule has 0 N–H and O–H groups in total. The van der Waals surface area contributed by atoms with E-state index in [-0.39, 0.29) is 23.5 Å². The molecule has 0 aliphatic carbocycles. The van der Waals surface area contributed by atoms with Gasteiger partial charge in [-0.3, -0.25) is 0 Å². The Morgan fingerprint density at radius 1 is 0.477 bits per heavy atom. The molecule has 44 heavy (non-hydrogen) atoms. The Balaban J connectivity index is 1.26. The van der Waals surface area contributed by atoms with Crippen LogP contribution in [0.25, 0.3) is 81.8 Å². The standard InChI is InChI=1S/C39H24N4S/c1-3-11-25(12-4-1)37-40-38(26-13-5-2-6-14-26)42-39(41-37)27-19-21-35-31(23-27)32-24-28(20-22-36(32)44-35)43-33-17-9-7-15-29(33)30-16-8-10-18-34(30)43/h1-24H/i1D,3D,4D,11D,12D. The van der Waals surface area contributed by atoms with Gasteiger partial charge in [0, 0.05) is 53.3 Å². The Morgan fingerprint density at radius 2 is 1.05 bits per heavy atom. The van der Waals surface area contributed by atoms with Gasteiger partial charge in [-0.1, -0.05) is 96.9 Å². The van der Waals surface area contributed by atoms with E-state index in [2.05, 4.69) is 88.4 Å². The van der Waals surface area contributed by atoms with Gasteiger partial charge >= 0.3 is 0 Å². The molecule has 0 amide bonds. The van der Waals surface area contributed by atoms with Crippen LogP contribution in [0.1, 0.15) is 6.85 Å². The molecule has 206 valence electrons. The molecular weight excluding hydrogens is 557 g/mol.